The van der Waals surface area contributed by atoms with E-state index in [0.29, 0.717) is 18.1 Å². The van der Waals surface area contributed by atoms with Crippen LogP contribution in [0.3, 0.4) is 0 Å². The summed E-state index contributed by atoms with van der Waals surface area (Å²) in [5.74, 6) is -0.360. The van der Waals surface area contributed by atoms with Gasteiger partial charge in [-0.15, -0.1) is 11.3 Å². The van der Waals surface area contributed by atoms with Crippen LogP contribution >= 0.6 is 22.9 Å². The molecular weight excluding hydrogens is 383 g/mol. The fraction of sp³-hybridized carbons (Fsp3) is 0.190. The second kappa shape index (κ2) is 9.13. The minimum absolute atomic E-state index is 0.0673. The lowest BCUT2D eigenvalue weighted by atomic mass is 10.1. The molecular formula is C21H21ClFN2OS+. The van der Waals surface area contributed by atoms with Gasteiger partial charge in [-0.2, -0.15) is 0 Å². The Kier molecular flexibility index (Phi) is 6.61. The Bertz CT molecular complexity index is 883. The van der Waals surface area contributed by atoms with Crippen LogP contribution in [0.15, 0.2) is 66.0 Å². The van der Waals surface area contributed by atoms with Gasteiger partial charge in [0.15, 0.2) is 6.54 Å². The van der Waals surface area contributed by atoms with Gasteiger partial charge in [-0.3, -0.25) is 4.79 Å². The molecule has 2 aromatic carbocycles. The highest BCUT2D eigenvalue weighted by atomic mass is 35.5. The molecule has 6 heteroatoms. The van der Waals surface area contributed by atoms with Crippen molar-refractivity contribution in [3.8, 4) is 0 Å². The molecule has 2 N–H and O–H groups in total. The summed E-state index contributed by atoms with van der Waals surface area (Å²) in [6.07, 6.45) is 0. The van der Waals surface area contributed by atoms with E-state index in [2.05, 4.69) is 5.32 Å². The molecule has 0 bridgehead atoms. The van der Waals surface area contributed by atoms with Gasteiger partial charge >= 0.3 is 0 Å². The number of carbonyl (C=O) groups is 1. The molecule has 0 saturated heterocycles. The van der Waals surface area contributed by atoms with Gasteiger partial charge in [-0.1, -0.05) is 48.0 Å². The summed E-state index contributed by atoms with van der Waals surface area (Å²) >= 11 is 7.77. The van der Waals surface area contributed by atoms with E-state index >= 15 is 0 Å². The van der Waals surface area contributed by atoms with Crippen molar-refractivity contribution < 1.29 is 14.1 Å². The molecule has 1 amide bonds. The van der Waals surface area contributed by atoms with E-state index in [4.69, 9.17) is 11.6 Å². The maximum absolute atomic E-state index is 13.3. The maximum atomic E-state index is 13.3. The van der Waals surface area contributed by atoms with Gasteiger partial charge in [0, 0.05) is 15.5 Å². The van der Waals surface area contributed by atoms with Crippen molar-refractivity contribution in [1.82, 2.24) is 5.32 Å². The normalized spacial score (nSPS) is 13.1. The molecule has 0 fully saturated rings. The summed E-state index contributed by atoms with van der Waals surface area (Å²) in [6, 6.07) is 17.5. The number of halogens is 2. The molecule has 0 aliphatic rings. The molecule has 27 heavy (non-hydrogen) atoms. The fourth-order valence-corrected chi connectivity index (χ4v) is 3.95. The standard InChI is InChI=1S/C21H20ClFN2OS/c1-25(13-16-5-2-3-6-18(16)22)14-20(26)24-21(19-7-4-12-27-19)15-8-10-17(23)11-9-15/h2-12,21H,13-14H2,1H3,(H,24,26)/p+1/t21-/m1/s1. The second-order valence-corrected chi connectivity index (χ2v) is 7.86. The van der Waals surface area contributed by atoms with Crippen molar-refractivity contribution in [2.45, 2.75) is 12.6 Å². The summed E-state index contributed by atoms with van der Waals surface area (Å²) in [5.41, 5.74) is 1.87. The van der Waals surface area contributed by atoms with Crippen LogP contribution in [0.4, 0.5) is 4.39 Å². The van der Waals surface area contributed by atoms with Crippen LogP contribution in [-0.2, 0) is 11.3 Å². The van der Waals surface area contributed by atoms with Gasteiger partial charge in [0.05, 0.1) is 13.1 Å². The first-order chi connectivity index (χ1) is 13.0. The average molecular weight is 404 g/mol. The molecule has 3 nitrogen and oxygen atoms in total. The number of benzene rings is 2. The van der Waals surface area contributed by atoms with E-state index in [9.17, 15) is 9.18 Å². The highest BCUT2D eigenvalue weighted by Gasteiger charge is 2.20. The number of amides is 1. The first-order valence-electron chi connectivity index (χ1n) is 8.66. The van der Waals surface area contributed by atoms with Gasteiger partial charge in [-0.25, -0.2) is 4.39 Å². The highest BCUT2D eigenvalue weighted by molar-refractivity contribution is 7.10. The molecule has 3 aromatic rings. The van der Waals surface area contributed by atoms with Crippen LogP contribution in [-0.4, -0.2) is 19.5 Å². The summed E-state index contributed by atoms with van der Waals surface area (Å²) in [6.45, 7) is 0.974. The van der Waals surface area contributed by atoms with Gasteiger partial charge in [0.1, 0.15) is 12.4 Å². The summed E-state index contributed by atoms with van der Waals surface area (Å²) in [5, 5.41) is 5.76. The van der Waals surface area contributed by atoms with Crippen molar-refractivity contribution >= 4 is 28.8 Å². The predicted octanol–water partition coefficient (Wildman–Crippen LogP) is 3.46. The van der Waals surface area contributed by atoms with Crippen LogP contribution < -0.4 is 10.2 Å². The second-order valence-electron chi connectivity index (χ2n) is 6.47. The van der Waals surface area contributed by atoms with Crippen LogP contribution in [0.25, 0.3) is 0 Å². The van der Waals surface area contributed by atoms with E-state index in [1.54, 1.807) is 23.5 Å². The van der Waals surface area contributed by atoms with Gasteiger partial charge in [0.2, 0.25) is 0 Å². The van der Waals surface area contributed by atoms with E-state index in [0.717, 1.165) is 20.9 Å². The Morgan fingerprint density at radius 2 is 1.89 bits per heavy atom. The van der Waals surface area contributed by atoms with E-state index in [-0.39, 0.29) is 17.8 Å². The Morgan fingerprint density at radius 1 is 1.15 bits per heavy atom. The lowest BCUT2D eigenvalue weighted by molar-refractivity contribution is -0.885. The zero-order chi connectivity index (χ0) is 19.2. The third-order valence-electron chi connectivity index (χ3n) is 4.25. The number of carbonyl (C=O) groups excluding carboxylic acids is 1. The third-order valence-corrected chi connectivity index (χ3v) is 5.55. The topological polar surface area (TPSA) is 33.5 Å². The molecule has 1 aromatic heterocycles. The summed E-state index contributed by atoms with van der Waals surface area (Å²) in [4.78, 5) is 14.7. The number of nitrogens with one attached hydrogen (secondary N) is 2. The SMILES string of the molecule is C[NH+](CC(=O)N[C@H](c1ccc(F)cc1)c1cccs1)Cc1ccccc1Cl. The van der Waals surface area contributed by atoms with Gasteiger partial charge in [-0.05, 0) is 35.2 Å². The van der Waals surface area contributed by atoms with Crippen LogP contribution in [0.5, 0.6) is 0 Å². The quantitative estimate of drug-likeness (QED) is 0.622. The predicted molar refractivity (Wildman–Crippen MR) is 108 cm³/mol. The van der Waals surface area contributed by atoms with Crippen molar-refractivity contribution in [2.24, 2.45) is 0 Å². The first kappa shape index (κ1) is 19.5. The minimum atomic E-state index is -0.293. The monoisotopic (exact) mass is 403 g/mol. The van der Waals surface area contributed by atoms with Crippen molar-refractivity contribution in [3.05, 3.63) is 92.9 Å². The van der Waals surface area contributed by atoms with Crippen molar-refractivity contribution in [2.75, 3.05) is 13.6 Å². The minimum Gasteiger partial charge on any atom is -0.339 e. The lowest BCUT2D eigenvalue weighted by Crippen LogP contribution is -3.08. The summed E-state index contributed by atoms with van der Waals surface area (Å²) in [7, 11) is 1.96. The number of likely N-dealkylation sites (N-methyl/N-ethyl adjacent to an activating group) is 1. The van der Waals surface area contributed by atoms with Crippen molar-refractivity contribution in [3.63, 3.8) is 0 Å². The molecule has 0 spiro atoms. The number of quaternary nitrogens is 1. The maximum Gasteiger partial charge on any atom is 0.275 e. The Morgan fingerprint density at radius 3 is 2.56 bits per heavy atom. The number of hydrogen-bond acceptors (Lipinski definition) is 2. The number of thiophene rings is 1. The van der Waals surface area contributed by atoms with Gasteiger partial charge in [0.25, 0.3) is 5.91 Å². The van der Waals surface area contributed by atoms with E-state index < -0.39 is 0 Å². The smallest absolute Gasteiger partial charge is 0.275 e. The van der Waals surface area contributed by atoms with Gasteiger partial charge < -0.3 is 10.2 Å². The zero-order valence-corrected chi connectivity index (χ0v) is 16.5. The number of rotatable bonds is 7. The van der Waals surface area contributed by atoms with E-state index in [1.807, 2.05) is 48.8 Å². The molecule has 1 heterocycles. The molecule has 140 valence electrons. The Balaban J connectivity index is 1.67. The molecule has 0 radical (unpaired) electrons. The third kappa shape index (κ3) is 5.39. The number of hydrogen-bond donors (Lipinski definition) is 2. The molecule has 3 rings (SSSR count). The van der Waals surface area contributed by atoms with Crippen molar-refractivity contribution in [1.29, 1.82) is 0 Å². The molecule has 0 saturated carbocycles. The first-order valence-corrected chi connectivity index (χ1v) is 9.91. The molecule has 1 unspecified atom stereocenters. The zero-order valence-electron chi connectivity index (χ0n) is 14.9. The highest BCUT2D eigenvalue weighted by Crippen LogP contribution is 2.26. The molecule has 2 atom stereocenters. The van der Waals surface area contributed by atoms with Crippen LogP contribution in [0.1, 0.15) is 22.0 Å². The molecule has 0 aliphatic heterocycles. The lowest BCUT2D eigenvalue weighted by Gasteiger charge is -2.20. The Hall–Kier alpha value is -2.21. The largest absolute Gasteiger partial charge is 0.339 e. The Labute approximate surface area is 167 Å². The van der Waals surface area contributed by atoms with Crippen LogP contribution in [0.2, 0.25) is 5.02 Å². The molecule has 0 aliphatic carbocycles. The average Bonchev–Trinajstić information content (AvgIpc) is 3.17. The fourth-order valence-electron chi connectivity index (χ4n) is 2.94. The summed E-state index contributed by atoms with van der Waals surface area (Å²) < 4.78 is 13.3. The van der Waals surface area contributed by atoms with E-state index in [1.165, 1.54) is 12.1 Å². The van der Waals surface area contributed by atoms with Crippen LogP contribution in [0, 0.1) is 5.82 Å².